The minimum Gasteiger partial charge on any atom is -0.338 e. The molecule has 0 radical (unpaired) electrons. The molecule has 0 fully saturated rings. The highest BCUT2D eigenvalue weighted by Crippen LogP contribution is 2.26. The minimum atomic E-state index is -3.49. The van der Waals surface area contributed by atoms with Gasteiger partial charge in [0.2, 0.25) is 11.7 Å². The molecule has 0 aliphatic rings. The van der Waals surface area contributed by atoms with Crippen LogP contribution in [0, 0.1) is 6.92 Å². The van der Waals surface area contributed by atoms with E-state index in [1.807, 2.05) is 31.2 Å². The summed E-state index contributed by atoms with van der Waals surface area (Å²) in [5.41, 5.74) is 2.57. The average molecular weight is 377 g/mol. The monoisotopic (exact) mass is 376 g/mol. The number of aryl methyl sites for hydroxylation is 1. The average Bonchev–Trinajstić information content (AvgIpc) is 3.03. The van der Waals surface area contributed by atoms with Crippen LogP contribution in [0.1, 0.15) is 29.2 Å². The fourth-order valence-corrected chi connectivity index (χ4v) is 3.78. The second-order valence-corrected chi connectivity index (χ2v) is 8.64. The van der Waals surface area contributed by atoms with Gasteiger partial charge in [0.25, 0.3) is 0 Å². The van der Waals surface area contributed by atoms with Crippen LogP contribution in [-0.2, 0) is 15.6 Å². The van der Waals surface area contributed by atoms with Gasteiger partial charge in [-0.05, 0) is 31.5 Å². The van der Waals surface area contributed by atoms with E-state index in [0.29, 0.717) is 16.4 Å². The van der Waals surface area contributed by atoms with Gasteiger partial charge < -0.3 is 4.52 Å². The van der Waals surface area contributed by atoms with Crippen molar-refractivity contribution in [1.29, 1.82) is 0 Å². The molecule has 0 aliphatic carbocycles. The highest BCUT2D eigenvalue weighted by atomic mass is 35.5. The molecule has 0 saturated carbocycles. The maximum Gasteiger partial charge on any atom is 0.242 e. The van der Waals surface area contributed by atoms with Crippen molar-refractivity contribution < 1.29 is 12.9 Å². The standard InChI is InChI=1S/C18H17ClN2O3S/c1-12-3-5-15(6-4-12)18-20-17(24-21-18)11-25(22,23)13(2)14-7-9-16(19)10-8-14/h3-10,13H,11H2,1-2H3. The van der Waals surface area contributed by atoms with Crippen LogP contribution in [0.4, 0.5) is 0 Å². The summed E-state index contributed by atoms with van der Waals surface area (Å²) in [4.78, 5) is 4.21. The minimum absolute atomic E-state index is 0.0800. The molecule has 3 aromatic rings. The molecule has 1 atom stereocenters. The molecule has 130 valence electrons. The fourth-order valence-electron chi connectivity index (χ4n) is 2.37. The Hall–Kier alpha value is -2.18. The molecule has 0 saturated heterocycles. The normalized spacial score (nSPS) is 12.9. The Kier molecular flexibility index (Phi) is 4.92. The molecule has 2 aromatic carbocycles. The van der Waals surface area contributed by atoms with Gasteiger partial charge in [-0.15, -0.1) is 0 Å². The number of hydrogen-bond acceptors (Lipinski definition) is 5. The van der Waals surface area contributed by atoms with Crippen LogP contribution in [0.2, 0.25) is 5.02 Å². The number of halogens is 1. The number of rotatable bonds is 5. The van der Waals surface area contributed by atoms with Gasteiger partial charge in [-0.1, -0.05) is 58.7 Å². The summed E-state index contributed by atoms with van der Waals surface area (Å²) in [5, 5.41) is 3.74. The first-order valence-corrected chi connectivity index (χ1v) is 9.81. The second-order valence-electron chi connectivity index (χ2n) is 5.88. The summed E-state index contributed by atoms with van der Waals surface area (Å²) >= 11 is 5.85. The van der Waals surface area contributed by atoms with Crippen molar-refractivity contribution in [3.8, 4) is 11.4 Å². The highest BCUT2D eigenvalue weighted by molar-refractivity contribution is 7.90. The van der Waals surface area contributed by atoms with Gasteiger partial charge in [-0.25, -0.2) is 8.42 Å². The molecule has 25 heavy (non-hydrogen) atoms. The Morgan fingerprint density at radius 3 is 2.36 bits per heavy atom. The van der Waals surface area contributed by atoms with E-state index in [9.17, 15) is 8.42 Å². The van der Waals surface area contributed by atoms with E-state index in [0.717, 1.165) is 11.1 Å². The van der Waals surface area contributed by atoms with E-state index in [4.69, 9.17) is 16.1 Å². The lowest BCUT2D eigenvalue weighted by atomic mass is 10.1. The summed E-state index contributed by atoms with van der Waals surface area (Å²) in [5.74, 6) is 0.149. The number of hydrogen-bond donors (Lipinski definition) is 0. The van der Waals surface area contributed by atoms with Crippen LogP contribution in [-0.4, -0.2) is 18.6 Å². The molecule has 0 bridgehead atoms. The van der Waals surface area contributed by atoms with Gasteiger partial charge in [-0.2, -0.15) is 4.98 Å². The molecular formula is C18H17ClN2O3S. The lowest BCUT2D eigenvalue weighted by Crippen LogP contribution is -2.13. The zero-order valence-electron chi connectivity index (χ0n) is 13.8. The molecule has 1 heterocycles. The van der Waals surface area contributed by atoms with E-state index in [-0.39, 0.29) is 11.6 Å². The van der Waals surface area contributed by atoms with Crippen LogP contribution < -0.4 is 0 Å². The molecule has 0 aliphatic heterocycles. The molecule has 1 aromatic heterocycles. The molecule has 0 amide bonds. The third-order valence-corrected chi connectivity index (χ3v) is 6.23. The van der Waals surface area contributed by atoms with Gasteiger partial charge in [-0.3, -0.25) is 0 Å². The predicted octanol–water partition coefficient (Wildman–Crippen LogP) is 4.37. The third kappa shape index (κ3) is 4.08. The zero-order chi connectivity index (χ0) is 18.0. The molecule has 3 rings (SSSR count). The SMILES string of the molecule is Cc1ccc(-c2noc(CS(=O)(=O)C(C)c3ccc(Cl)cc3)n2)cc1. The van der Waals surface area contributed by atoms with Crippen LogP contribution >= 0.6 is 11.6 Å². The van der Waals surface area contributed by atoms with Crippen LogP contribution in [0.5, 0.6) is 0 Å². The molecule has 0 N–H and O–H groups in total. The topological polar surface area (TPSA) is 73.1 Å². The quantitative estimate of drug-likeness (QED) is 0.660. The third-order valence-electron chi connectivity index (χ3n) is 3.98. The van der Waals surface area contributed by atoms with Gasteiger partial charge in [0.15, 0.2) is 9.84 Å². The number of benzene rings is 2. The molecular weight excluding hydrogens is 360 g/mol. The van der Waals surface area contributed by atoms with E-state index in [1.165, 1.54) is 0 Å². The zero-order valence-corrected chi connectivity index (χ0v) is 15.4. The molecule has 5 nitrogen and oxygen atoms in total. The maximum absolute atomic E-state index is 12.6. The summed E-state index contributed by atoms with van der Waals surface area (Å²) < 4.78 is 30.4. The maximum atomic E-state index is 12.6. The Morgan fingerprint density at radius 1 is 1.08 bits per heavy atom. The summed E-state index contributed by atoms with van der Waals surface area (Å²) in [6, 6.07) is 14.4. The second kappa shape index (κ2) is 6.98. The smallest absolute Gasteiger partial charge is 0.242 e. The van der Waals surface area contributed by atoms with E-state index < -0.39 is 15.1 Å². The first-order chi connectivity index (χ1) is 11.8. The first-order valence-electron chi connectivity index (χ1n) is 7.72. The van der Waals surface area contributed by atoms with Crippen molar-refractivity contribution >= 4 is 21.4 Å². The van der Waals surface area contributed by atoms with Gasteiger partial charge in [0, 0.05) is 10.6 Å². The molecule has 7 heteroatoms. The lowest BCUT2D eigenvalue weighted by Gasteiger charge is -2.11. The Morgan fingerprint density at radius 2 is 1.72 bits per heavy atom. The Balaban J connectivity index is 1.79. The fraction of sp³-hybridized carbons (Fsp3) is 0.222. The highest BCUT2D eigenvalue weighted by Gasteiger charge is 2.26. The van der Waals surface area contributed by atoms with Crippen molar-refractivity contribution in [3.05, 3.63) is 70.6 Å². The van der Waals surface area contributed by atoms with Crippen molar-refractivity contribution in [2.24, 2.45) is 0 Å². The van der Waals surface area contributed by atoms with E-state index in [2.05, 4.69) is 10.1 Å². The van der Waals surface area contributed by atoms with Crippen LogP contribution in [0.3, 0.4) is 0 Å². The first kappa shape index (κ1) is 17.6. The molecule has 0 spiro atoms. The largest absolute Gasteiger partial charge is 0.338 e. The predicted molar refractivity (Wildman–Crippen MR) is 97.0 cm³/mol. The van der Waals surface area contributed by atoms with E-state index in [1.54, 1.807) is 31.2 Å². The number of nitrogens with zero attached hydrogens (tertiary/aromatic N) is 2. The van der Waals surface area contributed by atoms with Gasteiger partial charge in [0.05, 0.1) is 5.25 Å². The van der Waals surface area contributed by atoms with Crippen molar-refractivity contribution in [1.82, 2.24) is 10.1 Å². The van der Waals surface area contributed by atoms with Crippen molar-refractivity contribution in [3.63, 3.8) is 0 Å². The van der Waals surface area contributed by atoms with Crippen LogP contribution in [0.25, 0.3) is 11.4 Å². The van der Waals surface area contributed by atoms with Crippen molar-refractivity contribution in [2.75, 3.05) is 0 Å². The lowest BCUT2D eigenvalue weighted by molar-refractivity contribution is 0.389. The number of aromatic nitrogens is 2. The van der Waals surface area contributed by atoms with Gasteiger partial charge >= 0.3 is 0 Å². The summed E-state index contributed by atoms with van der Waals surface area (Å²) in [6.45, 7) is 3.62. The Labute approximate surface area is 151 Å². The van der Waals surface area contributed by atoms with Crippen LogP contribution in [0.15, 0.2) is 53.1 Å². The van der Waals surface area contributed by atoms with Gasteiger partial charge in [0.1, 0.15) is 5.75 Å². The summed E-state index contributed by atoms with van der Waals surface area (Å²) in [7, 11) is -3.49. The molecule has 1 unspecified atom stereocenters. The number of sulfone groups is 1. The summed E-state index contributed by atoms with van der Waals surface area (Å²) in [6.07, 6.45) is 0. The van der Waals surface area contributed by atoms with E-state index >= 15 is 0 Å². The Bertz CT molecular complexity index is 964. The van der Waals surface area contributed by atoms with Crippen molar-refractivity contribution in [2.45, 2.75) is 24.9 Å².